The molecule has 0 bridgehead atoms. The van der Waals surface area contributed by atoms with Crippen molar-refractivity contribution in [3.05, 3.63) is 23.0 Å². The molecule has 1 aromatic rings. The van der Waals surface area contributed by atoms with E-state index in [1.807, 2.05) is 20.8 Å². The van der Waals surface area contributed by atoms with Gasteiger partial charge in [-0.25, -0.2) is 0 Å². The Labute approximate surface area is 119 Å². The molecule has 0 aromatic carbocycles. The molecule has 1 aromatic heterocycles. The standard InChI is InChI=1S/C13H20N4OS/c1-5-11-10(6-9(3)15-16-11)13(18)17(4)7-8(2)12(14)19/h6,8H,5,7H2,1-4H3,(H2,14,19). The van der Waals surface area contributed by atoms with Crippen molar-refractivity contribution in [2.45, 2.75) is 27.2 Å². The third-order valence-electron chi connectivity index (χ3n) is 2.94. The third kappa shape index (κ3) is 3.96. The largest absolute Gasteiger partial charge is 0.393 e. The van der Waals surface area contributed by atoms with E-state index in [0.29, 0.717) is 29.2 Å². The summed E-state index contributed by atoms with van der Waals surface area (Å²) in [5, 5.41) is 8.05. The van der Waals surface area contributed by atoms with Crippen LogP contribution in [0.3, 0.4) is 0 Å². The molecule has 6 heteroatoms. The van der Waals surface area contributed by atoms with Crippen LogP contribution in [0.5, 0.6) is 0 Å². The number of aryl methyl sites for hydroxylation is 2. The van der Waals surface area contributed by atoms with Crippen molar-refractivity contribution in [1.29, 1.82) is 0 Å². The first-order chi connectivity index (χ1) is 8.86. The molecule has 19 heavy (non-hydrogen) atoms. The molecule has 1 rings (SSSR count). The van der Waals surface area contributed by atoms with Gasteiger partial charge in [0.1, 0.15) is 0 Å². The molecule has 1 unspecified atom stereocenters. The van der Waals surface area contributed by atoms with E-state index in [4.69, 9.17) is 18.0 Å². The summed E-state index contributed by atoms with van der Waals surface area (Å²) >= 11 is 4.93. The fourth-order valence-electron chi connectivity index (χ4n) is 1.75. The van der Waals surface area contributed by atoms with E-state index in [1.54, 1.807) is 18.0 Å². The van der Waals surface area contributed by atoms with E-state index in [0.717, 1.165) is 5.69 Å². The molecular formula is C13H20N4OS. The van der Waals surface area contributed by atoms with Crippen LogP contribution in [0.25, 0.3) is 0 Å². The van der Waals surface area contributed by atoms with Gasteiger partial charge < -0.3 is 10.6 Å². The second-order valence-corrected chi connectivity index (χ2v) is 5.16. The van der Waals surface area contributed by atoms with Crippen molar-refractivity contribution in [2.24, 2.45) is 11.7 Å². The summed E-state index contributed by atoms with van der Waals surface area (Å²) < 4.78 is 0. The molecule has 0 fully saturated rings. The maximum absolute atomic E-state index is 12.4. The Kier molecular flexibility index (Phi) is 5.35. The average Bonchev–Trinajstić information content (AvgIpc) is 2.37. The number of amides is 1. The van der Waals surface area contributed by atoms with Gasteiger partial charge in [-0.15, -0.1) is 0 Å². The molecule has 1 heterocycles. The van der Waals surface area contributed by atoms with Gasteiger partial charge in [-0.2, -0.15) is 10.2 Å². The molecule has 0 aliphatic rings. The predicted molar refractivity (Wildman–Crippen MR) is 79.1 cm³/mol. The van der Waals surface area contributed by atoms with E-state index in [9.17, 15) is 4.79 Å². The van der Waals surface area contributed by atoms with Gasteiger partial charge in [0.2, 0.25) is 0 Å². The summed E-state index contributed by atoms with van der Waals surface area (Å²) in [6.45, 7) is 6.18. The minimum absolute atomic E-state index is 0.00933. The van der Waals surface area contributed by atoms with Gasteiger partial charge in [-0.3, -0.25) is 4.79 Å². The number of rotatable bonds is 5. The number of thiocarbonyl (C=S) groups is 1. The van der Waals surface area contributed by atoms with Gasteiger partial charge in [-0.1, -0.05) is 26.1 Å². The van der Waals surface area contributed by atoms with Gasteiger partial charge in [0.05, 0.1) is 21.9 Å². The summed E-state index contributed by atoms with van der Waals surface area (Å²) in [4.78, 5) is 14.4. The normalized spacial score (nSPS) is 12.0. The summed E-state index contributed by atoms with van der Waals surface area (Å²) in [7, 11) is 1.74. The summed E-state index contributed by atoms with van der Waals surface area (Å²) in [6.07, 6.45) is 0.674. The van der Waals surface area contributed by atoms with Crippen LogP contribution in [0.15, 0.2) is 6.07 Å². The average molecular weight is 280 g/mol. The van der Waals surface area contributed by atoms with Crippen molar-refractivity contribution in [3.63, 3.8) is 0 Å². The Morgan fingerprint density at radius 3 is 2.68 bits per heavy atom. The van der Waals surface area contributed by atoms with Crippen LogP contribution in [-0.4, -0.2) is 39.6 Å². The number of nitrogens with two attached hydrogens (primary N) is 1. The maximum atomic E-state index is 12.4. The smallest absolute Gasteiger partial charge is 0.255 e. The third-order valence-corrected chi connectivity index (χ3v) is 3.34. The topological polar surface area (TPSA) is 72.1 Å². The van der Waals surface area contributed by atoms with Crippen molar-refractivity contribution < 1.29 is 4.79 Å². The number of carbonyl (C=O) groups excluding carboxylic acids is 1. The van der Waals surface area contributed by atoms with Crippen LogP contribution in [0.4, 0.5) is 0 Å². The molecule has 0 aliphatic heterocycles. The number of hydrogen-bond donors (Lipinski definition) is 1. The lowest BCUT2D eigenvalue weighted by Crippen LogP contribution is -2.36. The molecule has 5 nitrogen and oxygen atoms in total. The molecule has 0 aliphatic carbocycles. The van der Waals surface area contributed by atoms with Crippen LogP contribution in [0.2, 0.25) is 0 Å². The first kappa shape index (κ1) is 15.5. The fraction of sp³-hybridized carbons (Fsp3) is 0.538. The molecule has 0 spiro atoms. The van der Waals surface area contributed by atoms with E-state index in [-0.39, 0.29) is 11.8 Å². The Hall–Kier alpha value is -1.56. The van der Waals surface area contributed by atoms with E-state index >= 15 is 0 Å². The van der Waals surface area contributed by atoms with Crippen molar-refractivity contribution in [3.8, 4) is 0 Å². The molecule has 0 saturated carbocycles. The molecule has 1 atom stereocenters. The Balaban J connectivity index is 2.93. The van der Waals surface area contributed by atoms with Gasteiger partial charge in [0.15, 0.2) is 0 Å². The fourth-order valence-corrected chi connectivity index (χ4v) is 1.82. The van der Waals surface area contributed by atoms with E-state index in [1.165, 1.54) is 0 Å². The second-order valence-electron chi connectivity index (χ2n) is 4.69. The van der Waals surface area contributed by atoms with Crippen molar-refractivity contribution >= 4 is 23.1 Å². The lowest BCUT2D eigenvalue weighted by molar-refractivity contribution is 0.0785. The highest BCUT2D eigenvalue weighted by atomic mass is 32.1. The van der Waals surface area contributed by atoms with Gasteiger partial charge in [0, 0.05) is 19.5 Å². The number of hydrogen-bond acceptors (Lipinski definition) is 4. The highest BCUT2D eigenvalue weighted by Crippen LogP contribution is 2.11. The molecule has 104 valence electrons. The Morgan fingerprint density at radius 1 is 1.53 bits per heavy atom. The molecule has 0 saturated heterocycles. The Morgan fingerprint density at radius 2 is 2.16 bits per heavy atom. The predicted octanol–water partition coefficient (Wildman–Crippen LogP) is 1.34. The second kappa shape index (κ2) is 6.56. The Bertz CT molecular complexity index is 490. The summed E-state index contributed by atoms with van der Waals surface area (Å²) in [6, 6.07) is 1.77. The zero-order valence-corrected chi connectivity index (χ0v) is 12.6. The van der Waals surface area contributed by atoms with Crippen LogP contribution in [0.1, 0.15) is 35.6 Å². The summed E-state index contributed by atoms with van der Waals surface area (Å²) in [5.41, 5.74) is 7.62. The lowest BCUT2D eigenvalue weighted by atomic mass is 10.1. The first-order valence-electron chi connectivity index (χ1n) is 6.24. The van der Waals surface area contributed by atoms with Crippen LogP contribution >= 0.6 is 12.2 Å². The highest BCUT2D eigenvalue weighted by molar-refractivity contribution is 7.80. The molecule has 2 N–H and O–H groups in total. The molecular weight excluding hydrogens is 260 g/mol. The van der Waals surface area contributed by atoms with E-state index < -0.39 is 0 Å². The quantitative estimate of drug-likeness (QED) is 0.824. The van der Waals surface area contributed by atoms with Gasteiger partial charge >= 0.3 is 0 Å². The minimum Gasteiger partial charge on any atom is -0.393 e. The van der Waals surface area contributed by atoms with E-state index in [2.05, 4.69) is 10.2 Å². The van der Waals surface area contributed by atoms with Crippen molar-refractivity contribution in [1.82, 2.24) is 15.1 Å². The lowest BCUT2D eigenvalue weighted by Gasteiger charge is -2.21. The van der Waals surface area contributed by atoms with Gasteiger partial charge in [0.25, 0.3) is 5.91 Å². The number of aromatic nitrogens is 2. The summed E-state index contributed by atoms with van der Waals surface area (Å²) in [5.74, 6) is -0.0807. The van der Waals surface area contributed by atoms with Crippen molar-refractivity contribution in [2.75, 3.05) is 13.6 Å². The SMILES string of the molecule is CCc1nnc(C)cc1C(=O)N(C)CC(C)C(N)=S. The van der Waals surface area contributed by atoms with Gasteiger partial charge in [-0.05, 0) is 19.4 Å². The highest BCUT2D eigenvalue weighted by Gasteiger charge is 2.19. The zero-order chi connectivity index (χ0) is 14.6. The first-order valence-corrected chi connectivity index (χ1v) is 6.65. The molecule has 1 amide bonds. The number of nitrogens with zero attached hydrogens (tertiary/aromatic N) is 3. The monoisotopic (exact) mass is 280 g/mol. The van der Waals surface area contributed by atoms with Crippen LogP contribution in [-0.2, 0) is 6.42 Å². The number of carbonyl (C=O) groups is 1. The zero-order valence-electron chi connectivity index (χ0n) is 11.8. The maximum Gasteiger partial charge on any atom is 0.255 e. The van der Waals surface area contributed by atoms with Crippen LogP contribution in [0, 0.1) is 12.8 Å². The minimum atomic E-state index is -0.0713. The van der Waals surface area contributed by atoms with Crippen LogP contribution < -0.4 is 5.73 Å². The molecule has 0 radical (unpaired) electrons.